The van der Waals surface area contributed by atoms with Crippen molar-refractivity contribution in [2.45, 2.75) is 18.9 Å². The fraction of sp³-hybridized carbons (Fsp3) is 0.389. The summed E-state index contributed by atoms with van der Waals surface area (Å²) in [5.41, 5.74) is 0. The van der Waals surface area contributed by atoms with E-state index in [1.54, 1.807) is 11.0 Å². The number of nitrogens with one attached hydrogen (secondary N) is 1. The van der Waals surface area contributed by atoms with E-state index in [4.69, 9.17) is 11.6 Å². The van der Waals surface area contributed by atoms with Crippen molar-refractivity contribution in [3.63, 3.8) is 0 Å². The SMILES string of the molecule is O=C(NC1CC1)C(=O)N1CCN(C(=O)c2sc3cc(F)ccc3c2Cl)CC1. The minimum absolute atomic E-state index is 0.129. The lowest BCUT2D eigenvalue weighted by atomic mass is 10.2. The topological polar surface area (TPSA) is 69.7 Å². The van der Waals surface area contributed by atoms with Crippen molar-refractivity contribution in [2.75, 3.05) is 26.2 Å². The number of hydrogen-bond acceptors (Lipinski definition) is 4. The zero-order chi connectivity index (χ0) is 19.1. The van der Waals surface area contributed by atoms with Crippen LogP contribution >= 0.6 is 22.9 Å². The molecule has 142 valence electrons. The van der Waals surface area contributed by atoms with Gasteiger partial charge in [-0.25, -0.2) is 4.39 Å². The maximum atomic E-state index is 13.4. The van der Waals surface area contributed by atoms with Crippen LogP contribution in [0, 0.1) is 5.82 Å². The number of rotatable bonds is 2. The Kier molecular flexibility index (Phi) is 4.77. The van der Waals surface area contributed by atoms with Gasteiger partial charge in [0.1, 0.15) is 10.7 Å². The number of nitrogens with zero attached hydrogens (tertiary/aromatic N) is 2. The molecule has 9 heteroatoms. The molecule has 0 atom stereocenters. The van der Waals surface area contributed by atoms with Crippen LogP contribution in [-0.4, -0.2) is 59.7 Å². The van der Waals surface area contributed by atoms with Crippen LogP contribution in [0.4, 0.5) is 4.39 Å². The number of carbonyl (C=O) groups excluding carboxylic acids is 3. The Morgan fingerprint density at radius 3 is 2.44 bits per heavy atom. The van der Waals surface area contributed by atoms with Crippen molar-refractivity contribution in [1.29, 1.82) is 0 Å². The van der Waals surface area contributed by atoms with E-state index in [0.717, 1.165) is 24.2 Å². The van der Waals surface area contributed by atoms with E-state index in [1.807, 2.05) is 0 Å². The minimum Gasteiger partial charge on any atom is -0.345 e. The quantitative estimate of drug-likeness (QED) is 0.773. The van der Waals surface area contributed by atoms with Crippen molar-refractivity contribution < 1.29 is 18.8 Å². The van der Waals surface area contributed by atoms with Gasteiger partial charge in [0, 0.05) is 42.3 Å². The summed E-state index contributed by atoms with van der Waals surface area (Å²) in [6.07, 6.45) is 1.84. The summed E-state index contributed by atoms with van der Waals surface area (Å²) in [5, 5.41) is 3.65. The highest BCUT2D eigenvalue weighted by molar-refractivity contribution is 7.21. The molecule has 0 unspecified atom stereocenters. The molecule has 2 aromatic rings. The Hall–Kier alpha value is -2.19. The first kappa shape index (κ1) is 18.2. The average Bonchev–Trinajstić information content (AvgIpc) is 3.42. The summed E-state index contributed by atoms with van der Waals surface area (Å²) >= 11 is 7.48. The van der Waals surface area contributed by atoms with Crippen molar-refractivity contribution >= 4 is 50.7 Å². The molecule has 6 nitrogen and oxygen atoms in total. The van der Waals surface area contributed by atoms with Crippen LogP contribution in [0.2, 0.25) is 5.02 Å². The van der Waals surface area contributed by atoms with Gasteiger partial charge >= 0.3 is 11.8 Å². The van der Waals surface area contributed by atoms with Gasteiger partial charge in [-0.05, 0) is 31.0 Å². The number of hydrogen-bond donors (Lipinski definition) is 1. The van der Waals surface area contributed by atoms with E-state index >= 15 is 0 Å². The van der Waals surface area contributed by atoms with Crippen LogP contribution in [0.3, 0.4) is 0 Å². The van der Waals surface area contributed by atoms with Crippen molar-refractivity contribution in [3.05, 3.63) is 33.9 Å². The first-order chi connectivity index (χ1) is 12.9. The predicted molar refractivity (Wildman–Crippen MR) is 100 cm³/mol. The maximum Gasteiger partial charge on any atom is 0.312 e. The third-order valence-corrected chi connectivity index (χ3v) is 6.39. The molecule has 1 aliphatic carbocycles. The van der Waals surface area contributed by atoms with Crippen LogP contribution in [0.15, 0.2) is 18.2 Å². The Balaban J connectivity index is 1.42. The zero-order valence-corrected chi connectivity index (χ0v) is 15.9. The van der Waals surface area contributed by atoms with E-state index in [9.17, 15) is 18.8 Å². The van der Waals surface area contributed by atoms with E-state index in [-0.39, 0.29) is 17.8 Å². The lowest BCUT2D eigenvalue weighted by Gasteiger charge is -2.34. The zero-order valence-electron chi connectivity index (χ0n) is 14.3. The molecular formula is C18H17ClFN3O3S. The fourth-order valence-electron chi connectivity index (χ4n) is 3.05. The Bertz CT molecular complexity index is 935. The summed E-state index contributed by atoms with van der Waals surface area (Å²) in [4.78, 5) is 40.3. The van der Waals surface area contributed by atoms with Crippen LogP contribution in [0.25, 0.3) is 10.1 Å². The van der Waals surface area contributed by atoms with Crippen molar-refractivity contribution in [3.8, 4) is 0 Å². The first-order valence-electron chi connectivity index (χ1n) is 8.70. The van der Waals surface area contributed by atoms with Gasteiger partial charge in [-0.3, -0.25) is 14.4 Å². The summed E-state index contributed by atoms with van der Waals surface area (Å²) in [6, 6.07) is 4.36. The van der Waals surface area contributed by atoms with Crippen molar-refractivity contribution in [2.24, 2.45) is 0 Å². The Labute approximate surface area is 163 Å². The molecule has 0 radical (unpaired) electrons. The molecule has 2 fully saturated rings. The molecule has 2 heterocycles. The first-order valence-corrected chi connectivity index (χ1v) is 9.90. The third kappa shape index (κ3) is 3.64. The molecule has 1 N–H and O–H groups in total. The van der Waals surface area contributed by atoms with Gasteiger partial charge in [-0.1, -0.05) is 11.6 Å². The van der Waals surface area contributed by atoms with E-state index in [1.165, 1.54) is 17.0 Å². The highest BCUT2D eigenvalue weighted by Crippen LogP contribution is 2.36. The number of thiophene rings is 1. The Morgan fingerprint density at radius 1 is 1.11 bits per heavy atom. The van der Waals surface area contributed by atoms with Crippen LogP contribution in [0.5, 0.6) is 0 Å². The molecule has 3 amide bonds. The van der Waals surface area contributed by atoms with Crippen LogP contribution < -0.4 is 5.32 Å². The standard InChI is InChI=1S/C18H17ClFN3O3S/c19-14-12-4-1-10(20)9-13(12)27-15(14)17(25)22-5-7-23(8-6-22)18(26)16(24)21-11-2-3-11/h1,4,9,11H,2-3,5-8H2,(H,21,24). The second-order valence-corrected chi connectivity index (χ2v) is 8.15. The molecular weight excluding hydrogens is 393 g/mol. The van der Waals surface area contributed by atoms with E-state index in [2.05, 4.69) is 5.32 Å². The third-order valence-electron chi connectivity index (χ3n) is 4.75. The molecule has 1 aliphatic heterocycles. The molecule has 4 rings (SSSR count). The molecule has 1 saturated heterocycles. The van der Waals surface area contributed by atoms with Gasteiger partial charge in [0.25, 0.3) is 5.91 Å². The highest BCUT2D eigenvalue weighted by Gasteiger charge is 2.32. The number of piperazine rings is 1. The fourth-order valence-corrected chi connectivity index (χ4v) is 4.56. The van der Waals surface area contributed by atoms with Gasteiger partial charge in [0.2, 0.25) is 0 Å². The minimum atomic E-state index is -0.577. The van der Waals surface area contributed by atoms with Crippen molar-refractivity contribution in [1.82, 2.24) is 15.1 Å². The van der Waals surface area contributed by atoms with E-state index < -0.39 is 11.8 Å². The molecule has 1 aromatic heterocycles. The number of halogens is 2. The number of carbonyl (C=O) groups is 3. The van der Waals surface area contributed by atoms with E-state index in [0.29, 0.717) is 46.2 Å². The summed E-state index contributed by atoms with van der Waals surface area (Å²) in [6.45, 7) is 1.22. The highest BCUT2D eigenvalue weighted by atomic mass is 35.5. The summed E-state index contributed by atoms with van der Waals surface area (Å²) in [5.74, 6) is -1.75. The van der Waals surface area contributed by atoms with Crippen LogP contribution in [-0.2, 0) is 9.59 Å². The molecule has 1 aromatic carbocycles. The van der Waals surface area contributed by atoms with Gasteiger partial charge in [-0.2, -0.15) is 0 Å². The molecule has 1 saturated carbocycles. The lowest BCUT2D eigenvalue weighted by molar-refractivity contribution is -0.146. The molecule has 0 bridgehead atoms. The molecule has 0 spiro atoms. The smallest absolute Gasteiger partial charge is 0.312 e. The molecule has 2 aliphatic rings. The van der Waals surface area contributed by atoms with Crippen LogP contribution in [0.1, 0.15) is 22.5 Å². The largest absolute Gasteiger partial charge is 0.345 e. The van der Waals surface area contributed by atoms with Gasteiger partial charge in [0.05, 0.1) is 5.02 Å². The van der Waals surface area contributed by atoms with Gasteiger partial charge < -0.3 is 15.1 Å². The normalized spacial score (nSPS) is 17.3. The monoisotopic (exact) mass is 409 g/mol. The second-order valence-electron chi connectivity index (χ2n) is 6.72. The number of benzene rings is 1. The number of fused-ring (bicyclic) bond motifs is 1. The number of amides is 3. The average molecular weight is 410 g/mol. The predicted octanol–water partition coefficient (Wildman–Crippen LogP) is 2.26. The second kappa shape index (κ2) is 7.09. The summed E-state index contributed by atoms with van der Waals surface area (Å²) < 4.78 is 14.0. The molecule has 27 heavy (non-hydrogen) atoms. The van der Waals surface area contributed by atoms with Gasteiger partial charge in [0.15, 0.2) is 0 Å². The Morgan fingerprint density at radius 2 is 1.78 bits per heavy atom. The summed E-state index contributed by atoms with van der Waals surface area (Å²) in [7, 11) is 0. The van der Waals surface area contributed by atoms with Gasteiger partial charge in [-0.15, -0.1) is 11.3 Å². The maximum absolute atomic E-state index is 13.4. The lowest BCUT2D eigenvalue weighted by Crippen LogP contribution is -2.54.